The minimum Gasteiger partial charge on any atom is -0.324 e. The summed E-state index contributed by atoms with van der Waals surface area (Å²) in [6.07, 6.45) is 1.77. The molecule has 0 radical (unpaired) electrons. The highest BCUT2D eigenvalue weighted by molar-refractivity contribution is 5.78. The molecule has 0 bridgehead atoms. The number of rotatable bonds is 3. The molecule has 0 saturated carbocycles. The molecule has 2 aromatic carbocycles. The molecule has 2 aromatic heterocycles. The van der Waals surface area contributed by atoms with Gasteiger partial charge in [0.15, 0.2) is 0 Å². The Morgan fingerprint density at radius 2 is 1.92 bits per heavy atom. The van der Waals surface area contributed by atoms with Gasteiger partial charge in [0, 0.05) is 11.6 Å². The van der Waals surface area contributed by atoms with Crippen molar-refractivity contribution >= 4 is 11.0 Å². The lowest BCUT2D eigenvalue weighted by Crippen LogP contribution is -2.04. The van der Waals surface area contributed by atoms with Gasteiger partial charge < -0.3 is 5.73 Å². The second-order valence-corrected chi connectivity index (χ2v) is 6.23. The monoisotopic (exact) mass is 339 g/mol. The van der Waals surface area contributed by atoms with Crippen molar-refractivity contribution in [1.82, 2.24) is 14.5 Å². The summed E-state index contributed by atoms with van der Waals surface area (Å²) in [5, 5.41) is 9.10. The molecule has 0 aliphatic heterocycles. The van der Waals surface area contributed by atoms with E-state index in [0.29, 0.717) is 5.56 Å². The average Bonchev–Trinajstić information content (AvgIpc) is 3.11. The summed E-state index contributed by atoms with van der Waals surface area (Å²) in [4.78, 5) is 9.25. The highest BCUT2D eigenvalue weighted by Crippen LogP contribution is 2.23. The smallest absolute Gasteiger partial charge is 0.139 e. The van der Waals surface area contributed by atoms with Crippen molar-refractivity contribution in [3.63, 3.8) is 0 Å². The van der Waals surface area contributed by atoms with Gasteiger partial charge in [-0.3, -0.25) is 4.57 Å². The van der Waals surface area contributed by atoms with Crippen LogP contribution in [0.25, 0.3) is 28.1 Å². The van der Waals surface area contributed by atoms with Crippen LogP contribution in [0.2, 0.25) is 0 Å². The number of hydrogen-bond donors (Lipinski definition) is 1. The Morgan fingerprint density at radius 1 is 1.08 bits per heavy atom. The number of pyridine rings is 1. The molecule has 4 aromatic rings. The summed E-state index contributed by atoms with van der Waals surface area (Å²) in [7, 11) is 0. The highest BCUT2D eigenvalue weighted by atomic mass is 15.1. The predicted molar refractivity (Wildman–Crippen MR) is 102 cm³/mol. The van der Waals surface area contributed by atoms with Crippen molar-refractivity contribution in [1.29, 1.82) is 5.26 Å². The first-order valence-electron chi connectivity index (χ1n) is 8.36. The number of fused-ring (bicyclic) bond motifs is 1. The van der Waals surface area contributed by atoms with E-state index in [2.05, 4.69) is 11.1 Å². The van der Waals surface area contributed by atoms with Crippen LogP contribution in [-0.2, 0) is 0 Å². The first-order valence-corrected chi connectivity index (χ1v) is 8.36. The topological polar surface area (TPSA) is 80.5 Å². The van der Waals surface area contributed by atoms with Gasteiger partial charge in [-0.05, 0) is 48.9 Å². The fraction of sp³-hybridized carbons (Fsp3) is 0.0952. The predicted octanol–water partition coefficient (Wildman–Crippen LogP) is 3.98. The van der Waals surface area contributed by atoms with E-state index in [4.69, 9.17) is 16.0 Å². The summed E-state index contributed by atoms with van der Waals surface area (Å²) in [6.45, 7) is 1.96. The van der Waals surface area contributed by atoms with Crippen molar-refractivity contribution in [3.8, 4) is 23.1 Å². The van der Waals surface area contributed by atoms with E-state index in [1.807, 2.05) is 66.1 Å². The van der Waals surface area contributed by atoms with Crippen LogP contribution in [-0.4, -0.2) is 14.5 Å². The van der Waals surface area contributed by atoms with Gasteiger partial charge in [-0.25, -0.2) is 9.97 Å². The lowest BCUT2D eigenvalue weighted by atomic mass is 10.1. The van der Waals surface area contributed by atoms with E-state index < -0.39 is 0 Å². The standard InChI is InChI=1S/C21H17N5/c1-14(23)16-8-9-20-19(11-16)24-13-26(20)21-7-3-6-18(25-21)17-5-2-4-15(10-17)12-22/h2-11,13-14H,23H2,1H3/t14-/m1/s1. The van der Waals surface area contributed by atoms with Crippen LogP contribution in [0.5, 0.6) is 0 Å². The Hall–Kier alpha value is -3.49. The normalized spacial score (nSPS) is 12.0. The maximum Gasteiger partial charge on any atom is 0.139 e. The first kappa shape index (κ1) is 16.0. The van der Waals surface area contributed by atoms with Gasteiger partial charge in [0.05, 0.1) is 28.4 Å². The number of nitrogens with zero attached hydrogens (tertiary/aromatic N) is 4. The molecule has 2 N–H and O–H groups in total. The maximum atomic E-state index is 9.10. The number of hydrogen-bond acceptors (Lipinski definition) is 4. The van der Waals surface area contributed by atoms with Crippen molar-refractivity contribution in [2.75, 3.05) is 0 Å². The molecule has 0 fully saturated rings. The Bertz CT molecular complexity index is 1130. The van der Waals surface area contributed by atoms with Crippen molar-refractivity contribution in [2.24, 2.45) is 5.73 Å². The van der Waals surface area contributed by atoms with E-state index in [0.717, 1.165) is 33.7 Å². The quantitative estimate of drug-likeness (QED) is 0.612. The summed E-state index contributed by atoms with van der Waals surface area (Å²) in [6, 6.07) is 21.5. The molecule has 0 amide bonds. The number of aromatic nitrogens is 3. The van der Waals surface area contributed by atoms with Gasteiger partial charge in [-0.1, -0.05) is 24.3 Å². The second-order valence-electron chi connectivity index (χ2n) is 6.23. The van der Waals surface area contributed by atoms with Crippen LogP contribution in [0.3, 0.4) is 0 Å². The third kappa shape index (κ3) is 2.83. The number of imidazole rings is 1. The minimum atomic E-state index is -0.0292. The Labute approximate surface area is 151 Å². The molecule has 1 atom stereocenters. The van der Waals surface area contributed by atoms with E-state index in [1.54, 1.807) is 12.4 Å². The molecule has 0 saturated heterocycles. The second kappa shape index (κ2) is 6.43. The Morgan fingerprint density at radius 3 is 2.73 bits per heavy atom. The molecule has 5 heteroatoms. The third-order valence-electron chi connectivity index (χ3n) is 4.37. The van der Waals surface area contributed by atoms with Crippen LogP contribution in [0.1, 0.15) is 24.1 Å². The first-order chi connectivity index (χ1) is 12.7. The lowest BCUT2D eigenvalue weighted by molar-refractivity contribution is 0.819. The van der Waals surface area contributed by atoms with Crippen LogP contribution in [0, 0.1) is 11.3 Å². The van der Waals surface area contributed by atoms with Crippen molar-refractivity contribution < 1.29 is 0 Å². The molecule has 0 unspecified atom stereocenters. The van der Waals surface area contributed by atoms with Gasteiger partial charge in [0.1, 0.15) is 12.1 Å². The van der Waals surface area contributed by atoms with E-state index in [-0.39, 0.29) is 6.04 Å². The zero-order valence-electron chi connectivity index (χ0n) is 14.3. The Balaban J connectivity index is 1.79. The molecule has 4 rings (SSSR count). The van der Waals surface area contributed by atoms with Crippen LogP contribution >= 0.6 is 0 Å². The van der Waals surface area contributed by atoms with Gasteiger partial charge in [-0.15, -0.1) is 0 Å². The average molecular weight is 339 g/mol. The zero-order valence-corrected chi connectivity index (χ0v) is 14.3. The Kier molecular flexibility index (Phi) is 3.96. The van der Waals surface area contributed by atoms with Crippen LogP contribution in [0.4, 0.5) is 0 Å². The lowest BCUT2D eigenvalue weighted by Gasteiger charge is -2.08. The van der Waals surface area contributed by atoms with Crippen molar-refractivity contribution in [2.45, 2.75) is 13.0 Å². The van der Waals surface area contributed by atoms with Gasteiger partial charge >= 0.3 is 0 Å². The maximum absolute atomic E-state index is 9.10. The molecule has 26 heavy (non-hydrogen) atoms. The largest absolute Gasteiger partial charge is 0.324 e. The molecule has 126 valence electrons. The van der Waals surface area contributed by atoms with Gasteiger partial charge in [0.2, 0.25) is 0 Å². The molecular formula is C21H17N5. The van der Waals surface area contributed by atoms with Crippen LogP contribution in [0.15, 0.2) is 67.0 Å². The van der Waals surface area contributed by atoms with Gasteiger partial charge in [-0.2, -0.15) is 5.26 Å². The molecular weight excluding hydrogens is 322 g/mol. The van der Waals surface area contributed by atoms with E-state index in [1.165, 1.54) is 0 Å². The number of nitriles is 1. The van der Waals surface area contributed by atoms with Gasteiger partial charge in [0.25, 0.3) is 0 Å². The fourth-order valence-corrected chi connectivity index (χ4v) is 2.96. The zero-order chi connectivity index (χ0) is 18.1. The van der Waals surface area contributed by atoms with E-state index >= 15 is 0 Å². The molecule has 0 aliphatic carbocycles. The SMILES string of the molecule is C[C@@H](N)c1ccc2c(c1)ncn2-c1cccc(-c2cccc(C#N)c2)n1. The number of benzene rings is 2. The van der Waals surface area contributed by atoms with E-state index in [9.17, 15) is 0 Å². The molecule has 0 spiro atoms. The molecule has 5 nitrogen and oxygen atoms in total. The summed E-state index contributed by atoms with van der Waals surface area (Å²) >= 11 is 0. The minimum absolute atomic E-state index is 0.0292. The molecule has 0 aliphatic rings. The van der Waals surface area contributed by atoms with Crippen molar-refractivity contribution in [3.05, 3.63) is 78.1 Å². The number of nitrogens with two attached hydrogens (primary N) is 1. The summed E-state index contributed by atoms with van der Waals surface area (Å²) in [5.41, 5.74) is 11.2. The summed E-state index contributed by atoms with van der Waals surface area (Å²) < 4.78 is 1.96. The molecule has 2 heterocycles. The fourth-order valence-electron chi connectivity index (χ4n) is 2.96. The third-order valence-corrected chi connectivity index (χ3v) is 4.37. The summed E-state index contributed by atoms with van der Waals surface area (Å²) in [5.74, 6) is 0.779. The van der Waals surface area contributed by atoms with Crippen LogP contribution < -0.4 is 5.73 Å². The highest BCUT2D eigenvalue weighted by Gasteiger charge is 2.09.